The normalized spacial score (nSPS) is 22.7. The van der Waals surface area contributed by atoms with E-state index >= 15 is 0 Å². The van der Waals surface area contributed by atoms with Crippen LogP contribution >= 0.6 is 0 Å². The van der Waals surface area contributed by atoms with Crippen molar-refractivity contribution in [3.05, 3.63) is 29.8 Å². The van der Waals surface area contributed by atoms with Crippen molar-refractivity contribution in [2.75, 3.05) is 12.3 Å². The largest absolute Gasteiger partial charge is 0.399 e. The molecule has 0 aliphatic carbocycles. The molecule has 58 valence electrons. The molecule has 1 aliphatic heterocycles. The Hall–Kier alpha value is -1.02. The van der Waals surface area contributed by atoms with Gasteiger partial charge in [0.25, 0.3) is 0 Å². The van der Waals surface area contributed by atoms with Crippen molar-refractivity contribution < 1.29 is 0 Å². The lowest BCUT2D eigenvalue weighted by Gasteiger charge is -2.28. The molecule has 2 rings (SSSR count). The molecule has 0 aromatic heterocycles. The summed E-state index contributed by atoms with van der Waals surface area (Å²) < 4.78 is 0. The topological polar surface area (TPSA) is 38.0 Å². The lowest BCUT2D eigenvalue weighted by atomic mass is 9.98. The smallest absolute Gasteiger partial charge is 0.0333 e. The molecule has 1 atom stereocenters. The molecule has 2 heteroatoms. The standard InChI is InChI=1S/C9H12N2/c10-8-3-1-2-7(6-8)9-4-5-11-9/h1-3,6,9,11H,4-5,10H2/t9-/m0/s1. The average molecular weight is 148 g/mol. The average Bonchev–Trinajstić information content (AvgIpc) is 1.83. The molecule has 1 aliphatic rings. The van der Waals surface area contributed by atoms with Crippen LogP contribution in [0.25, 0.3) is 0 Å². The van der Waals surface area contributed by atoms with Crippen LogP contribution in [-0.2, 0) is 0 Å². The molecule has 2 nitrogen and oxygen atoms in total. The Morgan fingerprint density at radius 1 is 1.45 bits per heavy atom. The second kappa shape index (κ2) is 2.55. The maximum Gasteiger partial charge on any atom is 0.0333 e. The van der Waals surface area contributed by atoms with Crippen molar-refractivity contribution in [2.45, 2.75) is 12.5 Å². The van der Waals surface area contributed by atoms with Gasteiger partial charge in [0.1, 0.15) is 0 Å². The van der Waals surface area contributed by atoms with Gasteiger partial charge in [-0.05, 0) is 30.7 Å². The third kappa shape index (κ3) is 1.21. The van der Waals surface area contributed by atoms with Gasteiger partial charge in [-0.15, -0.1) is 0 Å². The first-order valence-electron chi connectivity index (χ1n) is 3.95. The summed E-state index contributed by atoms with van der Waals surface area (Å²) in [7, 11) is 0. The fourth-order valence-corrected chi connectivity index (χ4v) is 1.35. The zero-order valence-electron chi connectivity index (χ0n) is 6.38. The van der Waals surface area contributed by atoms with Gasteiger partial charge in [-0.2, -0.15) is 0 Å². The van der Waals surface area contributed by atoms with E-state index in [2.05, 4.69) is 11.4 Å². The number of hydrogen-bond acceptors (Lipinski definition) is 2. The SMILES string of the molecule is Nc1cccc([C@@H]2CCN2)c1. The third-order valence-electron chi connectivity index (χ3n) is 2.14. The van der Waals surface area contributed by atoms with Crippen LogP contribution < -0.4 is 11.1 Å². The first-order valence-corrected chi connectivity index (χ1v) is 3.95. The van der Waals surface area contributed by atoms with Crippen molar-refractivity contribution >= 4 is 5.69 Å². The summed E-state index contributed by atoms with van der Waals surface area (Å²) in [6.07, 6.45) is 1.24. The van der Waals surface area contributed by atoms with Gasteiger partial charge in [0.15, 0.2) is 0 Å². The highest BCUT2D eigenvalue weighted by Gasteiger charge is 2.17. The molecule has 0 amide bonds. The number of anilines is 1. The van der Waals surface area contributed by atoms with Crippen LogP contribution in [0.4, 0.5) is 5.69 Å². The summed E-state index contributed by atoms with van der Waals surface area (Å²) in [6, 6.07) is 8.63. The molecule has 0 bridgehead atoms. The predicted octanol–water partition coefficient (Wildman–Crippen LogP) is 1.30. The molecule has 1 saturated heterocycles. The summed E-state index contributed by atoms with van der Waals surface area (Å²) >= 11 is 0. The lowest BCUT2D eigenvalue weighted by molar-refractivity contribution is 0.383. The minimum atomic E-state index is 0.554. The minimum Gasteiger partial charge on any atom is -0.399 e. The molecule has 0 spiro atoms. The molecule has 1 aromatic rings. The van der Waals surface area contributed by atoms with E-state index in [1.165, 1.54) is 12.0 Å². The van der Waals surface area contributed by atoms with Crippen LogP contribution in [0.2, 0.25) is 0 Å². The maximum absolute atomic E-state index is 5.65. The van der Waals surface area contributed by atoms with Crippen LogP contribution in [0.5, 0.6) is 0 Å². The molecule has 3 N–H and O–H groups in total. The number of benzene rings is 1. The van der Waals surface area contributed by atoms with Crippen LogP contribution in [0, 0.1) is 0 Å². The quantitative estimate of drug-likeness (QED) is 0.589. The van der Waals surface area contributed by atoms with E-state index in [1.54, 1.807) is 0 Å². The fraction of sp³-hybridized carbons (Fsp3) is 0.333. The van der Waals surface area contributed by atoms with Gasteiger partial charge in [-0.25, -0.2) is 0 Å². The zero-order chi connectivity index (χ0) is 7.68. The molecule has 11 heavy (non-hydrogen) atoms. The molecular weight excluding hydrogens is 136 g/mol. The Labute approximate surface area is 66.4 Å². The number of nitrogens with one attached hydrogen (secondary N) is 1. The van der Waals surface area contributed by atoms with Gasteiger partial charge in [0, 0.05) is 11.7 Å². The third-order valence-corrected chi connectivity index (χ3v) is 2.14. The van der Waals surface area contributed by atoms with Crippen molar-refractivity contribution in [3.8, 4) is 0 Å². The molecule has 1 heterocycles. The Balaban J connectivity index is 2.23. The number of hydrogen-bond donors (Lipinski definition) is 2. The highest BCUT2D eigenvalue weighted by atomic mass is 15.0. The molecule has 1 fully saturated rings. The summed E-state index contributed by atoms with van der Waals surface area (Å²) in [5.41, 5.74) is 7.82. The van der Waals surface area contributed by atoms with E-state index in [9.17, 15) is 0 Å². The maximum atomic E-state index is 5.65. The number of nitrogens with two attached hydrogens (primary N) is 1. The Kier molecular flexibility index (Phi) is 1.55. The number of rotatable bonds is 1. The van der Waals surface area contributed by atoms with Crippen LogP contribution in [-0.4, -0.2) is 6.54 Å². The van der Waals surface area contributed by atoms with Crippen molar-refractivity contribution in [2.24, 2.45) is 0 Å². The summed E-state index contributed by atoms with van der Waals surface area (Å²) in [6.45, 7) is 1.14. The van der Waals surface area contributed by atoms with E-state index in [0.717, 1.165) is 12.2 Å². The van der Waals surface area contributed by atoms with Gasteiger partial charge < -0.3 is 11.1 Å². The summed E-state index contributed by atoms with van der Waals surface area (Å²) in [5.74, 6) is 0. The predicted molar refractivity (Wildman–Crippen MR) is 46.2 cm³/mol. The van der Waals surface area contributed by atoms with E-state index in [-0.39, 0.29) is 0 Å². The van der Waals surface area contributed by atoms with Crippen molar-refractivity contribution in [1.29, 1.82) is 0 Å². The Morgan fingerprint density at radius 3 is 2.82 bits per heavy atom. The minimum absolute atomic E-state index is 0.554. The summed E-state index contributed by atoms with van der Waals surface area (Å²) in [4.78, 5) is 0. The lowest BCUT2D eigenvalue weighted by Crippen LogP contribution is -2.34. The van der Waals surface area contributed by atoms with Crippen LogP contribution in [0.1, 0.15) is 18.0 Å². The second-order valence-corrected chi connectivity index (χ2v) is 2.97. The van der Waals surface area contributed by atoms with E-state index < -0.39 is 0 Å². The fourth-order valence-electron chi connectivity index (χ4n) is 1.35. The molecule has 0 unspecified atom stereocenters. The first-order chi connectivity index (χ1) is 5.36. The summed E-state index contributed by atoms with van der Waals surface area (Å²) in [5, 5.41) is 3.33. The Bertz CT molecular complexity index is 253. The monoisotopic (exact) mass is 148 g/mol. The highest BCUT2D eigenvalue weighted by molar-refractivity contribution is 5.42. The van der Waals surface area contributed by atoms with Crippen LogP contribution in [0.3, 0.4) is 0 Å². The molecular formula is C9H12N2. The van der Waals surface area contributed by atoms with Crippen molar-refractivity contribution in [1.82, 2.24) is 5.32 Å². The van der Waals surface area contributed by atoms with Crippen LogP contribution in [0.15, 0.2) is 24.3 Å². The van der Waals surface area contributed by atoms with Gasteiger partial charge >= 0.3 is 0 Å². The van der Waals surface area contributed by atoms with Gasteiger partial charge in [-0.1, -0.05) is 12.1 Å². The molecule has 0 saturated carbocycles. The zero-order valence-corrected chi connectivity index (χ0v) is 6.38. The second-order valence-electron chi connectivity index (χ2n) is 2.97. The van der Waals surface area contributed by atoms with E-state index in [4.69, 9.17) is 5.73 Å². The van der Waals surface area contributed by atoms with Gasteiger partial charge in [0.2, 0.25) is 0 Å². The highest BCUT2D eigenvalue weighted by Crippen LogP contribution is 2.23. The van der Waals surface area contributed by atoms with E-state index in [1.807, 2.05) is 18.2 Å². The van der Waals surface area contributed by atoms with Gasteiger partial charge in [0.05, 0.1) is 0 Å². The van der Waals surface area contributed by atoms with Crippen molar-refractivity contribution in [3.63, 3.8) is 0 Å². The van der Waals surface area contributed by atoms with E-state index in [0.29, 0.717) is 6.04 Å². The Morgan fingerprint density at radius 2 is 2.27 bits per heavy atom. The number of nitrogen functional groups attached to an aromatic ring is 1. The molecule has 0 radical (unpaired) electrons. The molecule has 1 aromatic carbocycles. The van der Waals surface area contributed by atoms with Gasteiger partial charge in [-0.3, -0.25) is 0 Å². The first kappa shape index (κ1) is 6.68.